The number of anilines is 1. The molecule has 7 nitrogen and oxygen atoms in total. The van der Waals surface area contributed by atoms with Gasteiger partial charge < -0.3 is 20.1 Å². The van der Waals surface area contributed by atoms with Crippen molar-refractivity contribution in [1.29, 1.82) is 0 Å². The van der Waals surface area contributed by atoms with Crippen LogP contribution in [-0.4, -0.2) is 52.7 Å². The average molecular weight is 499 g/mol. The Balaban J connectivity index is 1.68. The molecule has 36 heavy (non-hydrogen) atoms. The molecule has 1 fully saturated rings. The van der Waals surface area contributed by atoms with Crippen LogP contribution in [-0.2, 0) is 10.7 Å². The molecule has 1 amide bonds. The molecule has 4 rings (SSSR count). The lowest BCUT2D eigenvalue weighted by Gasteiger charge is -2.32. The monoisotopic (exact) mass is 498 g/mol. The molecule has 0 aliphatic carbocycles. The van der Waals surface area contributed by atoms with Gasteiger partial charge in [-0.3, -0.25) is 4.79 Å². The van der Waals surface area contributed by atoms with E-state index in [0.29, 0.717) is 30.3 Å². The maximum atomic E-state index is 14.1. The van der Waals surface area contributed by atoms with Crippen LogP contribution in [0.3, 0.4) is 0 Å². The van der Waals surface area contributed by atoms with Crippen molar-refractivity contribution < 1.29 is 23.4 Å². The minimum atomic E-state index is -3.31. The highest BCUT2D eigenvalue weighted by atomic mass is 19.3. The molecule has 1 aromatic heterocycles. The Kier molecular flexibility index (Phi) is 7.40. The molecule has 2 N–H and O–H groups in total. The Morgan fingerprint density at radius 3 is 2.61 bits per heavy atom. The third kappa shape index (κ3) is 5.26. The number of aromatic nitrogens is 2. The number of halogens is 2. The fraction of sp³-hybridized carbons (Fsp3) is 0.444. The highest BCUT2D eigenvalue weighted by molar-refractivity contribution is 5.91. The Hall–Kier alpha value is -3.33. The standard InChI is InChI=1S/C27H32F2N4O3/c1-16(20-6-5-7-21(12-20)27(28,29)15-34)30-26-23-13-22(19-8-10-33(11-9-19)18(3)35)25(36-4)14-24(23)31-17(2)32-26/h5-7,12-14,16,19,34H,8-11,15H2,1-4H3,(H,30,31,32)/t16-/m1/s1. The van der Waals surface area contributed by atoms with Crippen LogP contribution in [0.4, 0.5) is 14.6 Å². The van der Waals surface area contributed by atoms with Crippen molar-refractivity contribution in [2.75, 3.05) is 32.1 Å². The van der Waals surface area contributed by atoms with Gasteiger partial charge in [-0.25, -0.2) is 9.97 Å². The highest BCUT2D eigenvalue weighted by Crippen LogP contribution is 2.39. The maximum Gasteiger partial charge on any atom is 0.295 e. The van der Waals surface area contributed by atoms with E-state index in [1.54, 1.807) is 33.1 Å². The summed E-state index contributed by atoms with van der Waals surface area (Å²) >= 11 is 0. The predicted molar refractivity (Wildman–Crippen MR) is 135 cm³/mol. The molecule has 1 atom stereocenters. The van der Waals surface area contributed by atoms with Gasteiger partial charge in [-0.1, -0.05) is 18.2 Å². The zero-order valence-corrected chi connectivity index (χ0v) is 21.0. The molecule has 0 spiro atoms. The van der Waals surface area contributed by atoms with Crippen LogP contribution < -0.4 is 10.1 Å². The molecule has 0 saturated carbocycles. The van der Waals surface area contributed by atoms with Crippen molar-refractivity contribution in [2.24, 2.45) is 0 Å². The first kappa shape index (κ1) is 25.8. The van der Waals surface area contributed by atoms with Crippen LogP contribution in [0.1, 0.15) is 61.2 Å². The third-order valence-electron chi connectivity index (χ3n) is 6.90. The number of hydrogen-bond donors (Lipinski definition) is 2. The first-order chi connectivity index (χ1) is 17.1. The van der Waals surface area contributed by atoms with Gasteiger partial charge in [-0.2, -0.15) is 8.78 Å². The van der Waals surface area contributed by atoms with Gasteiger partial charge in [-0.15, -0.1) is 0 Å². The molecule has 2 heterocycles. The summed E-state index contributed by atoms with van der Waals surface area (Å²) in [6.07, 6.45) is 1.67. The fourth-order valence-corrected chi connectivity index (χ4v) is 4.82. The van der Waals surface area contributed by atoms with E-state index in [2.05, 4.69) is 15.3 Å². The van der Waals surface area contributed by atoms with Gasteiger partial charge in [0.2, 0.25) is 5.91 Å². The topological polar surface area (TPSA) is 87.6 Å². The molecule has 0 radical (unpaired) electrons. The summed E-state index contributed by atoms with van der Waals surface area (Å²) in [5.41, 5.74) is 2.18. The zero-order chi connectivity index (χ0) is 26.0. The van der Waals surface area contributed by atoms with Crippen molar-refractivity contribution >= 4 is 22.6 Å². The number of aryl methyl sites for hydroxylation is 1. The van der Waals surface area contributed by atoms with Crippen molar-refractivity contribution in [1.82, 2.24) is 14.9 Å². The summed E-state index contributed by atoms with van der Waals surface area (Å²) in [6, 6.07) is 9.67. The van der Waals surface area contributed by atoms with Gasteiger partial charge in [0.15, 0.2) is 0 Å². The first-order valence-electron chi connectivity index (χ1n) is 12.1. The number of carbonyl (C=O) groups is 1. The van der Waals surface area contributed by atoms with Crippen LogP contribution in [0, 0.1) is 6.92 Å². The summed E-state index contributed by atoms with van der Waals surface area (Å²) < 4.78 is 33.8. The number of aliphatic hydroxyl groups is 1. The summed E-state index contributed by atoms with van der Waals surface area (Å²) in [5, 5.41) is 13.3. The number of rotatable bonds is 7. The number of nitrogens with one attached hydrogen (secondary N) is 1. The van der Waals surface area contributed by atoms with E-state index in [9.17, 15) is 13.6 Å². The lowest BCUT2D eigenvalue weighted by molar-refractivity contribution is -0.129. The van der Waals surface area contributed by atoms with Gasteiger partial charge >= 0.3 is 0 Å². The van der Waals surface area contributed by atoms with E-state index in [1.807, 2.05) is 24.0 Å². The number of alkyl halides is 2. The third-order valence-corrected chi connectivity index (χ3v) is 6.90. The predicted octanol–water partition coefficient (Wildman–Crippen LogP) is 4.93. The Bertz CT molecular complexity index is 1260. The van der Waals surface area contributed by atoms with E-state index in [0.717, 1.165) is 35.1 Å². The second-order valence-electron chi connectivity index (χ2n) is 9.37. The average Bonchev–Trinajstić information content (AvgIpc) is 2.88. The van der Waals surface area contributed by atoms with Gasteiger partial charge in [0.05, 0.1) is 12.6 Å². The number of carbonyl (C=O) groups excluding carboxylic acids is 1. The van der Waals surface area contributed by atoms with Gasteiger partial charge in [0, 0.05) is 43.1 Å². The maximum absolute atomic E-state index is 14.1. The second kappa shape index (κ2) is 10.3. The minimum absolute atomic E-state index is 0.0871. The first-order valence-corrected chi connectivity index (χ1v) is 12.1. The molecule has 1 aliphatic heterocycles. The fourth-order valence-electron chi connectivity index (χ4n) is 4.82. The van der Waals surface area contributed by atoms with Crippen LogP contribution in [0.2, 0.25) is 0 Å². The summed E-state index contributed by atoms with van der Waals surface area (Å²) in [4.78, 5) is 22.8. The molecule has 0 unspecified atom stereocenters. The van der Waals surface area contributed by atoms with Gasteiger partial charge in [-0.05, 0) is 55.9 Å². The van der Waals surface area contributed by atoms with Crippen molar-refractivity contribution in [2.45, 2.75) is 51.5 Å². The van der Waals surface area contributed by atoms with Gasteiger partial charge in [0.25, 0.3) is 5.92 Å². The Morgan fingerprint density at radius 2 is 1.97 bits per heavy atom. The largest absolute Gasteiger partial charge is 0.496 e. The molecule has 3 aromatic rings. The smallest absolute Gasteiger partial charge is 0.295 e. The minimum Gasteiger partial charge on any atom is -0.496 e. The lowest BCUT2D eigenvalue weighted by Crippen LogP contribution is -2.36. The van der Waals surface area contributed by atoms with Crippen molar-refractivity contribution in [3.63, 3.8) is 0 Å². The van der Waals surface area contributed by atoms with E-state index < -0.39 is 12.5 Å². The number of benzene rings is 2. The SMILES string of the molecule is COc1cc2nc(C)nc(N[C@H](C)c3cccc(C(F)(F)CO)c3)c2cc1C1CCN(C(C)=O)CC1. The van der Waals surface area contributed by atoms with Gasteiger partial charge in [0.1, 0.15) is 24.0 Å². The number of methoxy groups -OCH3 is 1. The Morgan fingerprint density at radius 1 is 1.25 bits per heavy atom. The number of ether oxygens (including phenoxy) is 1. The molecular formula is C27H32F2N4O3. The number of hydrogen-bond acceptors (Lipinski definition) is 6. The van der Waals surface area contributed by atoms with E-state index in [1.165, 1.54) is 12.1 Å². The molecule has 1 saturated heterocycles. The molecule has 0 bridgehead atoms. The van der Waals surface area contributed by atoms with Crippen molar-refractivity contribution in [3.8, 4) is 5.75 Å². The number of likely N-dealkylation sites (tertiary alicyclic amines) is 1. The van der Waals surface area contributed by atoms with E-state index >= 15 is 0 Å². The molecule has 9 heteroatoms. The van der Waals surface area contributed by atoms with Crippen molar-refractivity contribution in [3.05, 3.63) is 58.9 Å². The normalized spacial score (nSPS) is 15.7. The quantitative estimate of drug-likeness (QED) is 0.480. The summed E-state index contributed by atoms with van der Waals surface area (Å²) in [5.74, 6) is -1.07. The zero-order valence-electron chi connectivity index (χ0n) is 21.0. The molecule has 192 valence electrons. The highest BCUT2D eigenvalue weighted by Gasteiger charge is 2.31. The summed E-state index contributed by atoms with van der Waals surface area (Å²) in [7, 11) is 1.64. The van der Waals surface area contributed by atoms with Crippen LogP contribution in [0.15, 0.2) is 36.4 Å². The number of piperidine rings is 1. The molecular weight excluding hydrogens is 466 g/mol. The Labute approximate surface area is 209 Å². The van der Waals surface area contributed by atoms with Crippen LogP contribution in [0.25, 0.3) is 10.9 Å². The molecule has 1 aliphatic rings. The number of nitrogens with zero attached hydrogens (tertiary/aromatic N) is 3. The van der Waals surface area contributed by atoms with E-state index in [4.69, 9.17) is 9.84 Å². The van der Waals surface area contributed by atoms with Crippen LogP contribution >= 0.6 is 0 Å². The number of aliphatic hydroxyl groups excluding tert-OH is 1. The lowest BCUT2D eigenvalue weighted by atomic mass is 9.88. The second-order valence-corrected chi connectivity index (χ2v) is 9.37. The molecule has 2 aromatic carbocycles. The number of amides is 1. The van der Waals surface area contributed by atoms with E-state index in [-0.39, 0.29) is 23.4 Å². The summed E-state index contributed by atoms with van der Waals surface area (Å²) in [6.45, 7) is 5.42. The van der Waals surface area contributed by atoms with Crippen LogP contribution in [0.5, 0.6) is 5.75 Å². The number of fused-ring (bicyclic) bond motifs is 1.